The van der Waals surface area contributed by atoms with Crippen molar-refractivity contribution in [1.82, 2.24) is 0 Å². The second-order valence-electron chi connectivity index (χ2n) is 5.32. The van der Waals surface area contributed by atoms with Gasteiger partial charge in [-0.1, -0.05) is 31.2 Å². The monoisotopic (exact) mass is 245 g/mol. The van der Waals surface area contributed by atoms with Crippen LogP contribution in [0, 0.1) is 5.92 Å². The first-order valence-electron chi connectivity index (χ1n) is 7.06. The number of ketones is 1. The van der Waals surface area contributed by atoms with Crippen LogP contribution in [0.3, 0.4) is 0 Å². The van der Waals surface area contributed by atoms with Gasteiger partial charge >= 0.3 is 0 Å². The lowest BCUT2D eigenvalue weighted by atomic mass is 9.76. The van der Waals surface area contributed by atoms with Gasteiger partial charge in [0.05, 0.1) is 0 Å². The molecule has 1 fully saturated rings. The van der Waals surface area contributed by atoms with E-state index in [1.807, 2.05) is 6.92 Å². The Kier molecular flexibility index (Phi) is 4.54. The maximum Gasteiger partial charge on any atom is 0.135 e. The summed E-state index contributed by atoms with van der Waals surface area (Å²) in [5, 5.41) is 0. The Morgan fingerprint density at radius 2 is 2.00 bits per heavy atom. The van der Waals surface area contributed by atoms with Crippen molar-refractivity contribution >= 4 is 5.78 Å². The van der Waals surface area contributed by atoms with Crippen LogP contribution in [0.2, 0.25) is 0 Å². The van der Waals surface area contributed by atoms with E-state index >= 15 is 0 Å². The first-order chi connectivity index (χ1) is 8.74. The summed E-state index contributed by atoms with van der Waals surface area (Å²) in [5.41, 5.74) is 8.29. The van der Waals surface area contributed by atoms with Crippen molar-refractivity contribution in [2.24, 2.45) is 11.7 Å². The molecule has 0 saturated heterocycles. The molecule has 0 heterocycles. The van der Waals surface area contributed by atoms with Crippen molar-refractivity contribution in [1.29, 1.82) is 0 Å². The molecule has 0 bridgehead atoms. The van der Waals surface area contributed by atoms with Crippen LogP contribution in [0.25, 0.3) is 0 Å². The van der Waals surface area contributed by atoms with Crippen molar-refractivity contribution in [3.63, 3.8) is 0 Å². The predicted molar refractivity (Wildman–Crippen MR) is 74.3 cm³/mol. The SMILES string of the molecule is CCC(=O)C1CCC(c2cccc(CN)c2)CC1. The van der Waals surface area contributed by atoms with E-state index in [1.165, 1.54) is 11.1 Å². The van der Waals surface area contributed by atoms with Crippen molar-refractivity contribution in [3.8, 4) is 0 Å². The molecule has 18 heavy (non-hydrogen) atoms. The Balaban J connectivity index is 1.98. The first-order valence-corrected chi connectivity index (χ1v) is 7.06. The average Bonchev–Trinajstić information content (AvgIpc) is 2.46. The van der Waals surface area contributed by atoms with Gasteiger partial charge in [-0.2, -0.15) is 0 Å². The predicted octanol–water partition coefficient (Wildman–Crippen LogP) is 3.40. The van der Waals surface area contributed by atoms with E-state index in [-0.39, 0.29) is 0 Å². The zero-order chi connectivity index (χ0) is 13.0. The van der Waals surface area contributed by atoms with Crippen molar-refractivity contribution in [2.75, 3.05) is 0 Å². The summed E-state index contributed by atoms with van der Waals surface area (Å²) < 4.78 is 0. The number of carbonyl (C=O) groups excluding carboxylic acids is 1. The topological polar surface area (TPSA) is 43.1 Å². The number of carbonyl (C=O) groups is 1. The number of hydrogen-bond donors (Lipinski definition) is 1. The highest BCUT2D eigenvalue weighted by molar-refractivity contribution is 5.80. The zero-order valence-corrected chi connectivity index (χ0v) is 11.2. The third-order valence-electron chi connectivity index (χ3n) is 4.19. The molecule has 0 unspecified atom stereocenters. The third-order valence-corrected chi connectivity index (χ3v) is 4.19. The molecule has 1 saturated carbocycles. The summed E-state index contributed by atoms with van der Waals surface area (Å²) in [7, 11) is 0. The lowest BCUT2D eigenvalue weighted by Gasteiger charge is -2.28. The van der Waals surface area contributed by atoms with Crippen molar-refractivity contribution in [3.05, 3.63) is 35.4 Å². The van der Waals surface area contributed by atoms with Crippen LogP contribution < -0.4 is 5.73 Å². The standard InChI is InChI=1S/C16H23NO/c1-2-16(18)14-8-6-13(7-9-14)15-5-3-4-12(10-15)11-17/h3-5,10,13-14H,2,6-9,11,17H2,1H3. The van der Waals surface area contributed by atoms with Gasteiger partial charge in [0.25, 0.3) is 0 Å². The molecule has 1 aliphatic carbocycles. The highest BCUT2D eigenvalue weighted by atomic mass is 16.1. The highest BCUT2D eigenvalue weighted by Gasteiger charge is 2.25. The Labute approximate surface area is 110 Å². The molecule has 2 heteroatoms. The number of Topliss-reactive ketones (excluding diaryl/α,β-unsaturated/α-hetero) is 1. The van der Waals surface area contributed by atoms with E-state index in [0.29, 0.717) is 30.6 Å². The van der Waals surface area contributed by atoms with Crippen LogP contribution in [0.1, 0.15) is 56.1 Å². The van der Waals surface area contributed by atoms with E-state index in [9.17, 15) is 4.79 Å². The Hall–Kier alpha value is -1.15. The quantitative estimate of drug-likeness (QED) is 0.883. The number of rotatable bonds is 4. The normalized spacial score (nSPS) is 23.9. The summed E-state index contributed by atoms with van der Waals surface area (Å²) in [6.45, 7) is 2.58. The van der Waals surface area contributed by atoms with Gasteiger partial charge in [0.2, 0.25) is 0 Å². The molecule has 1 aliphatic rings. The molecule has 0 amide bonds. The summed E-state index contributed by atoms with van der Waals surface area (Å²) in [4.78, 5) is 11.7. The molecular formula is C16H23NO. The molecule has 2 nitrogen and oxygen atoms in total. The van der Waals surface area contributed by atoms with E-state index in [1.54, 1.807) is 0 Å². The van der Waals surface area contributed by atoms with E-state index in [4.69, 9.17) is 5.73 Å². The van der Waals surface area contributed by atoms with Crippen molar-refractivity contribution in [2.45, 2.75) is 51.5 Å². The maximum absolute atomic E-state index is 11.7. The maximum atomic E-state index is 11.7. The number of hydrogen-bond acceptors (Lipinski definition) is 2. The molecule has 0 radical (unpaired) electrons. The van der Waals surface area contributed by atoms with Crippen LogP contribution in [0.4, 0.5) is 0 Å². The van der Waals surface area contributed by atoms with Crippen LogP contribution >= 0.6 is 0 Å². The zero-order valence-electron chi connectivity index (χ0n) is 11.2. The van der Waals surface area contributed by atoms with Crippen LogP contribution in [0.5, 0.6) is 0 Å². The van der Waals surface area contributed by atoms with Crippen molar-refractivity contribution < 1.29 is 4.79 Å². The fourth-order valence-corrected chi connectivity index (χ4v) is 3.01. The van der Waals surface area contributed by atoms with E-state index in [0.717, 1.165) is 25.7 Å². The average molecular weight is 245 g/mol. The van der Waals surface area contributed by atoms with Gasteiger partial charge < -0.3 is 5.73 Å². The second kappa shape index (κ2) is 6.14. The minimum absolute atomic E-state index is 0.323. The number of benzene rings is 1. The molecule has 1 aromatic carbocycles. The fourth-order valence-electron chi connectivity index (χ4n) is 3.01. The summed E-state index contributed by atoms with van der Waals surface area (Å²) in [5.74, 6) is 1.39. The molecule has 0 aromatic heterocycles. The minimum atomic E-state index is 0.323. The van der Waals surface area contributed by atoms with Gasteiger partial charge in [-0.25, -0.2) is 0 Å². The largest absolute Gasteiger partial charge is 0.326 e. The van der Waals surface area contributed by atoms with Crippen LogP contribution in [-0.4, -0.2) is 5.78 Å². The third kappa shape index (κ3) is 2.99. The summed E-state index contributed by atoms with van der Waals surface area (Å²) in [6, 6.07) is 8.61. The van der Waals surface area contributed by atoms with E-state index in [2.05, 4.69) is 24.3 Å². The molecule has 0 spiro atoms. The highest BCUT2D eigenvalue weighted by Crippen LogP contribution is 2.36. The second-order valence-corrected chi connectivity index (χ2v) is 5.32. The molecule has 0 atom stereocenters. The van der Waals surface area contributed by atoms with Gasteiger partial charge in [-0.05, 0) is 42.7 Å². The lowest BCUT2D eigenvalue weighted by Crippen LogP contribution is -2.20. The Morgan fingerprint density at radius 3 is 2.61 bits per heavy atom. The Bertz CT molecular complexity index is 405. The van der Waals surface area contributed by atoms with Gasteiger partial charge in [0, 0.05) is 18.9 Å². The summed E-state index contributed by atoms with van der Waals surface area (Å²) >= 11 is 0. The number of nitrogens with two attached hydrogens (primary N) is 1. The fraction of sp³-hybridized carbons (Fsp3) is 0.562. The van der Waals surface area contributed by atoms with Crippen LogP contribution in [-0.2, 0) is 11.3 Å². The van der Waals surface area contributed by atoms with Gasteiger partial charge in [-0.15, -0.1) is 0 Å². The Morgan fingerprint density at radius 1 is 1.28 bits per heavy atom. The van der Waals surface area contributed by atoms with Gasteiger partial charge in [-0.3, -0.25) is 4.79 Å². The molecule has 2 rings (SSSR count). The van der Waals surface area contributed by atoms with Gasteiger partial charge in [0.15, 0.2) is 0 Å². The van der Waals surface area contributed by atoms with Gasteiger partial charge in [0.1, 0.15) is 5.78 Å². The summed E-state index contributed by atoms with van der Waals surface area (Å²) in [6.07, 6.45) is 5.10. The van der Waals surface area contributed by atoms with E-state index < -0.39 is 0 Å². The lowest BCUT2D eigenvalue weighted by molar-refractivity contribution is -0.123. The molecular weight excluding hydrogens is 222 g/mol. The smallest absolute Gasteiger partial charge is 0.135 e. The minimum Gasteiger partial charge on any atom is -0.326 e. The molecule has 1 aromatic rings. The first kappa shape index (κ1) is 13.3. The molecule has 98 valence electrons. The molecule has 0 aliphatic heterocycles. The van der Waals surface area contributed by atoms with Crippen LogP contribution in [0.15, 0.2) is 24.3 Å². The molecule has 2 N–H and O–H groups in total.